The largest absolute Gasteiger partial charge is 0.493 e. The molecule has 0 saturated carbocycles. The number of benzene rings is 1. The van der Waals surface area contributed by atoms with Gasteiger partial charge >= 0.3 is 0 Å². The van der Waals surface area contributed by atoms with Crippen LogP contribution in [-0.4, -0.2) is 47.6 Å². The summed E-state index contributed by atoms with van der Waals surface area (Å²) in [6, 6.07) is 5.85. The number of carbonyl (C=O) groups is 1. The van der Waals surface area contributed by atoms with Gasteiger partial charge < -0.3 is 19.7 Å². The van der Waals surface area contributed by atoms with Gasteiger partial charge in [-0.3, -0.25) is 4.79 Å². The van der Waals surface area contributed by atoms with Crippen LogP contribution in [0.25, 0.3) is 0 Å². The van der Waals surface area contributed by atoms with Crippen LogP contribution >= 0.6 is 0 Å². The van der Waals surface area contributed by atoms with Crippen molar-refractivity contribution >= 4 is 11.9 Å². The predicted molar refractivity (Wildman–Crippen MR) is 103 cm³/mol. The zero-order chi connectivity index (χ0) is 19.4. The Hall–Kier alpha value is -2.83. The highest BCUT2D eigenvalue weighted by molar-refractivity contribution is 5.92. The molecule has 0 aliphatic carbocycles. The molecule has 7 heteroatoms. The summed E-state index contributed by atoms with van der Waals surface area (Å²) in [5, 5.41) is 3.21. The van der Waals surface area contributed by atoms with Crippen LogP contribution in [0.3, 0.4) is 0 Å². The molecule has 1 aliphatic heterocycles. The molecule has 0 bridgehead atoms. The highest BCUT2D eigenvalue weighted by Gasteiger charge is 2.24. The van der Waals surface area contributed by atoms with Crippen molar-refractivity contribution in [3.8, 4) is 11.5 Å². The summed E-state index contributed by atoms with van der Waals surface area (Å²) in [7, 11) is 3.24. The van der Waals surface area contributed by atoms with Gasteiger partial charge in [-0.1, -0.05) is 6.92 Å². The number of ether oxygens (including phenoxy) is 2. The molecule has 0 spiro atoms. The second-order valence-electron chi connectivity index (χ2n) is 6.67. The number of carbonyl (C=O) groups excluding carboxylic acids is 1. The Morgan fingerprint density at radius 3 is 2.63 bits per heavy atom. The monoisotopic (exact) mass is 370 g/mol. The van der Waals surface area contributed by atoms with Crippen LogP contribution < -0.4 is 14.8 Å². The van der Waals surface area contributed by atoms with Crippen LogP contribution in [0, 0.1) is 0 Å². The Kier molecular flexibility index (Phi) is 5.78. The Bertz CT molecular complexity index is 825. The van der Waals surface area contributed by atoms with Crippen LogP contribution in [0.15, 0.2) is 24.4 Å². The van der Waals surface area contributed by atoms with E-state index in [1.54, 1.807) is 26.5 Å². The van der Waals surface area contributed by atoms with Gasteiger partial charge in [0.05, 0.1) is 14.2 Å². The van der Waals surface area contributed by atoms with E-state index < -0.39 is 0 Å². The van der Waals surface area contributed by atoms with Crippen molar-refractivity contribution in [3.05, 3.63) is 41.2 Å². The fourth-order valence-electron chi connectivity index (χ4n) is 3.09. The second kappa shape index (κ2) is 8.24. The van der Waals surface area contributed by atoms with Crippen LogP contribution in [0.2, 0.25) is 0 Å². The normalized spacial score (nSPS) is 14.3. The predicted octanol–water partition coefficient (Wildman–Crippen LogP) is 2.90. The molecule has 1 N–H and O–H groups in total. The molecule has 1 aliphatic rings. The number of hydrogen-bond acceptors (Lipinski definition) is 6. The van der Waals surface area contributed by atoms with Gasteiger partial charge in [-0.2, -0.15) is 0 Å². The van der Waals surface area contributed by atoms with Crippen LogP contribution in [0.5, 0.6) is 11.5 Å². The first-order valence-corrected chi connectivity index (χ1v) is 9.18. The summed E-state index contributed by atoms with van der Waals surface area (Å²) in [5.41, 5.74) is 2.65. The van der Waals surface area contributed by atoms with Crippen molar-refractivity contribution in [2.75, 3.05) is 26.1 Å². The summed E-state index contributed by atoms with van der Waals surface area (Å²) < 4.78 is 10.8. The third kappa shape index (κ3) is 4.13. The lowest BCUT2D eigenvalue weighted by Crippen LogP contribution is -2.36. The summed E-state index contributed by atoms with van der Waals surface area (Å²) in [4.78, 5) is 23.4. The van der Waals surface area contributed by atoms with Gasteiger partial charge in [0.1, 0.15) is 5.69 Å². The highest BCUT2D eigenvalue weighted by atomic mass is 16.5. The zero-order valence-electron chi connectivity index (χ0n) is 16.3. The Morgan fingerprint density at radius 2 is 1.96 bits per heavy atom. The van der Waals surface area contributed by atoms with Crippen molar-refractivity contribution in [2.45, 2.75) is 39.3 Å². The van der Waals surface area contributed by atoms with Gasteiger partial charge in [-0.25, -0.2) is 9.97 Å². The second-order valence-corrected chi connectivity index (χ2v) is 6.67. The van der Waals surface area contributed by atoms with Gasteiger partial charge in [-0.05, 0) is 49.1 Å². The third-order valence-electron chi connectivity index (χ3n) is 4.87. The fraction of sp³-hybridized carbons (Fsp3) is 0.450. The quantitative estimate of drug-likeness (QED) is 0.843. The molecule has 3 rings (SSSR count). The van der Waals surface area contributed by atoms with Gasteiger partial charge in [0.25, 0.3) is 5.91 Å². The zero-order valence-corrected chi connectivity index (χ0v) is 16.3. The lowest BCUT2D eigenvalue weighted by molar-refractivity contribution is 0.0728. The molecule has 144 valence electrons. The number of methoxy groups -OCH3 is 2. The van der Waals surface area contributed by atoms with Crippen LogP contribution in [0.1, 0.15) is 41.9 Å². The van der Waals surface area contributed by atoms with Crippen molar-refractivity contribution < 1.29 is 14.3 Å². The van der Waals surface area contributed by atoms with E-state index in [0.717, 1.165) is 18.4 Å². The molecule has 1 aromatic carbocycles. The molecule has 2 heterocycles. The smallest absolute Gasteiger partial charge is 0.272 e. The number of nitrogens with zero attached hydrogens (tertiary/aromatic N) is 3. The Labute approximate surface area is 159 Å². The van der Waals surface area contributed by atoms with E-state index >= 15 is 0 Å². The SMILES string of the molecule is CCC(C)Nc1nccc(C(=O)N2CCc3cc(OC)c(OC)cc3C2)n1. The molecule has 0 saturated heterocycles. The average molecular weight is 370 g/mol. The van der Waals surface area contributed by atoms with Gasteiger partial charge in [0, 0.05) is 25.3 Å². The molecule has 0 fully saturated rings. The molecule has 27 heavy (non-hydrogen) atoms. The van der Waals surface area contributed by atoms with Crippen molar-refractivity contribution in [1.29, 1.82) is 0 Å². The third-order valence-corrected chi connectivity index (χ3v) is 4.87. The minimum absolute atomic E-state index is 0.0926. The first-order valence-electron chi connectivity index (χ1n) is 9.18. The Balaban J connectivity index is 1.79. The maximum absolute atomic E-state index is 12.9. The average Bonchev–Trinajstić information content (AvgIpc) is 2.71. The molecule has 1 amide bonds. The number of rotatable bonds is 6. The number of hydrogen-bond donors (Lipinski definition) is 1. The molecular weight excluding hydrogens is 344 g/mol. The molecule has 0 radical (unpaired) electrons. The van der Waals surface area contributed by atoms with E-state index in [1.807, 2.05) is 17.0 Å². The summed E-state index contributed by atoms with van der Waals surface area (Å²) in [5.74, 6) is 1.78. The van der Waals surface area contributed by atoms with Gasteiger partial charge in [0.15, 0.2) is 11.5 Å². The molecule has 2 aromatic rings. The lowest BCUT2D eigenvalue weighted by atomic mass is 9.98. The van der Waals surface area contributed by atoms with E-state index in [1.165, 1.54) is 5.56 Å². The molecule has 7 nitrogen and oxygen atoms in total. The van der Waals surface area contributed by atoms with Crippen LogP contribution in [-0.2, 0) is 13.0 Å². The number of amides is 1. The first kappa shape index (κ1) is 18.9. The number of nitrogens with one attached hydrogen (secondary N) is 1. The highest BCUT2D eigenvalue weighted by Crippen LogP contribution is 2.33. The standard InChI is InChI=1S/C20H26N4O3/c1-5-13(2)22-20-21-8-6-16(23-20)19(25)24-9-7-14-10-17(26-3)18(27-4)11-15(14)12-24/h6,8,10-11,13H,5,7,9,12H2,1-4H3,(H,21,22,23). The van der Waals surface area contributed by atoms with Crippen molar-refractivity contribution in [2.24, 2.45) is 0 Å². The van der Waals surface area contributed by atoms with Crippen molar-refractivity contribution in [3.63, 3.8) is 0 Å². The Morgan fingerprint density at radius 1 is 1.26 bits per heavy atom. The summed E-state index contributed by atoms with van der Waals surface area (Å²) in [6.45, 7) is 5.30. The minimum Gasteiger partial charge on any atom is -0.493 e. The van der Waals surface area contributed by atoms with Gasteiger partial charge in [-0.15, -0.1) is 0 Å². The topological polar surface area (TPSA) is 76.6 Å². The summed E-state index contributed by atoms with van der Waals surface area (Å²) in [6.07, 6.45) is 3.34. The number of fused-ring (bicyclic) bond motifs is 1. The molecular formula is C20H26N4O3. The number of anilines is 1. The van der Waals surface area contributed by atoms with Crippen LogP contribution in [0.4, 0.5) is 5.95 Å². The first-order chi connectivity index (χ1) is 13.0. The minimum atomic E-state index is -0.0926. The van der Waals surface area contributed by atoms with E-state index in [0.29, 0.717) is 36.2 Å². The lowest BCUT2D eigenvalue weighted by Gasteiger charge is -2.29. The fourth-order valence-corrected chi connectivity index (χ4v) is 3.09. The van der Waals surface area contributed by atoms with Gasteiger partial charge in [0.2, 0.25) is 5.95 Å². The maximum atomic E-state index is 12.9. The molecule has 1 atom stereocenters. The molecule has 1 aromatic heterocycles. The van der Waals surface area contributed by atoms with E-state index in [2.05, 4.69) is 29.1 Å². The molecule has 1 unspecified atom stereocenters. The van der Waals surface area contributed by atoms with E-state index in [4.69, 9.17) is 9.47 Å². The van der Waals surface area contributed by atoms with Crippen molar-refractivity contribution in [1.82, 2.24) is 14.9 Å². The summed E-state index contributed by atoms with van der Waals surface area (Å²) >= 11 is 0. The maximum Gasteiger partial charge on any atom is 0.272 e. The van der Waals surface area contributed by atoms with E-state index in [-0.39, 0.29) is 11.9 Å². The van der Waals surface area contributed by atoms with E-state index in [9.17, 15) is 4.79 Å². The number of aromatic nitrogens is 2.